The molecule has 0 aliphatic carbocycles. The molecule has 5 heteroatoms. The van der Waals surface area contributed by atoms with E-state index in [4.69, 9.17) is 10.5 Å². The van der Waals surface area contributed by atoms with E-state index >= 15 is 0 Å². The van der Waals surface area contributed by atoms with Crippen LogP contribution in [0.2, 0.25) is 0 Å². The zero-order valence-corrected chi connectivity index (χ0v) is 12.5. The first-order valence-corrected chi connectivity index (χ1v) is 7.10. The Morgan fingerprint density at radius 1 is 1.50 bits per heavy atom. The first-order valence-electron chi connectivity index (χ1n) is 7.10. The maximum Gasteiger partial charge on any atom is 0.254 e. The summed E-state index contributed by atoms with van der Waals surface area (Å²) >= 11 is 0. The summed E-state index contributed by atoms with van der Waals surface area (Å²) in [6.07, 6.45) is 1.81. The maximum atomic E-state index is 12.7. The Hall–Kier alpha value is -1.62. The minimum Gasteiger partial charge on any atom is -0.384 e. The van der Waals surface area contributed by atoms with E-state index in [0.717, 1.165) is 18.5 Å². The van der Waals surface area contributed by atoms with Crippen molar-refractivity contribution in [3.8, 4) is 0 Å². The van der Waals surface area contributed by atoms with Gasteiger partial charge in [0.25, 0.3) is 5.91 Å². The van der Waals surface area contributed by atoms with Gasteiger partial charge >= 0.3 is 0 Å². The van der Waals surface area contributed by atoms with E-state index in [0.29, 0.717) is 31.1 Å². The predicted molar refractivity (Wildman–Crippen MR) is 78.6 cm³/mol. The van der Waals surface area contributed by atoms with E-state index in [-0.39, 0.29) is 11.4 Å². The molecule has 1 saturated heterocycles. The van der Waals surface area contributed by atoms with Crippen molar-refractivity contribution in [2.24, 2.45) is 0 Å². The molecule has 2 N–H and O–H groups in total. The van der Waals surface area contributed by atoms with Crippen molar-refractivity contribution in [2.45, 2.75) is 39.2 Å². The smallest absolute Gasteiger partial charge is 0.254 e. The Balaban J connectivity index is 2.28. The molecule has 0 unspecified atom stereocenters. The van der Waals surface area contributed by atoms with Crippen LogP contribution < -0.4 is 5.73 Å². The van der Waals surface area contributed by atoms with Crippen LogP contribution in [0.5, 0.6) is 0 Å². The van der Waals surface area contributed by atoms with Crippen LogP contribution in [0.25, 0.3) is 0 Å². The van der Waals surface area contributed by atoms with Gasteiger partial charge in [0.2, 0.25) is 0 Å². The van der Waals surface area contributed by atoms with Gasteiger partial charge in [-0.05, 0) is 32.4 Å². The number of carbonyl (C=O) groups excluding carboxylic acids is 1. The summed E-state index contributed by atoms with van der Waals surface area (Å²) in [5.41, 5.74) is 7.02. The molecule has 1 aliphatic heterocycles. The molecule has 0 aromatic carbocycles. The molecule has 0 bridgehead atoms. The number of pyridine rings is 1. The summed E-state index contributed by atoms with van der Waals surface area (Å²) in [4.78, 5) is 18.8. The van der Waals surface area contributed by atoms with Crippen LogP contribution >= 0.6 is 0 Å². The number of morpholine rings is 1. The van der Waals surface area contributed by atoms with Crippen LogP contribution in [0.1, 0.15) is 43.2 Å². The van der Waals surface area contributed by atoms with Crippen LogP contribution in [0.4, 0.5) is 5.82 Å². The SMILES string of the molecule is CCCc1cc(C(=O)N2CCOCC2(C)C)cc(N)n1. The number of aromatic nitrogens is 1. The molecule has 0 radical (unpaired) electrons. The minimum absolute atomic E-state index is 0.00440. The molecule has 0 saturated carbocycles. The summed E-state index contributed by atoms with van der Waals surface area (Å²) in [5.74, 6) is 0.412. The molecule has 0 spiro atoms. The Kier molecular flexibility index (Phi) is 4.28. The minimum atomic E-state index is -0.293. The van der Waals surface area contributed by atoms with Crippen molar-refractivity contribution in [2.75, 3.05) is 25.5 Å². The molecule has 5 nitrogen and oxygen atoms in total. The van der Waals surface area contributed by atoms with Crippen LogP contribution in [0.15, 0.2) is 12.1 Å². The van der Waals surface area contributed by atoms with Crippen LogP contribution in [0, 0.1) is 0 Å². The Morgan fingerprint density at radius 3 is 2.90 bits per heavy atom. The van der Waals surface area contributed by atoms with Crippen molar-refractivity contribution in [3.05, 3.63) is 23.4 Å². The number of hydrogen-bond donors (Lipinski definition) is 1. The van der Waals surface area contributed by atoms with Crippen molar-refractivity contribution in [1.29, 1.82) is 0 Å². The van der Waals surface area contributed by atoms with Crippen LogP contribution in [-0.2, 0) is 11.2 Å². The fourth-order valence-corrected chi connectivity index (χ4v) is 2.51. The molecule has 20 heavy (non-hydrogen) atoms. The molecular formula is C15H23N3O2. The number of rotatable bonds is 3. The lowest BCUT2D eigenvalue weighted by molar-refractivity contribution is -0.0370. The second-order valence-electron chi connectivity index (χ2n) is 5.84. The molecule has 1 amide bonds. The number of nitrogens with zero attached hydrogens (tertiary/aromatic N) is 2. The van der Waals surface area contributed by atoms with Crippen molar-refractivity contribution < 1.29 is 9.53 Å². The average Bonchev–Trinajstić information content (AvgIpc) is 2.37. The highest BCUT2D eigenvalue weighted by molar-refractivity contribution is 5.95. The summed E-state index contributed by atoms with van der Waals surface area (Å²) in [7, 11) is 0. The van der Waals surface area contributed by atoms with E-state index < -0.39 is 0 Å². The summed E-state index contributed by atoms with van der Waals surface area (Å²) < 4.78 is 5.46. The van der Waals surface area contributed by atoms with Gasteiger partial charge in [0.1, 0.15) is 5.82 Å². The highest BCUT2D eigenvalue weighted by Gasteiger charge is 2.34. The predicted octanol–water partition coefficient (Wildman–Crippen LogP) is 1.87. The fourth-order valence-electron chi connectivity index (χ4n) is 2.51. The molecule has 1 aliphatic rings. The second-order valence-corrected chi connectivity index (χ2v) is 5.84. The monoisotopic (exact) mass is 277 g/mol. The third kappa shape index (κ3) is 3.10. The lowest BCUT2D eigenvalue weighted by Crippen LogP contribution is -2.55. The number of carbonyl (C=O) groups is 1. The first-order chi connectivity index (χ1) is 9.44. The van der Waals surface area contributed by atoms with E-state index in [9.17, 15) is 4.79 Å². The van der Waals surface area contributed by atoms with Gasteiger partial charge in [0, 0.05) is 17.8 Å². The van der Waals surface area contributed by atoms with Crippen LogP contribution in [0.3, 0.4) is 0 Å². The van der Waals surface area contributed by atoms with Gasteiger partial charge in [-0.15, -0.1) is 0 Å². The maximum absolute atomic E-state index is 12.7. The molecule has 110 valence electrons. The first kappa shape index (κ1) is 14.8. The Morgan fingerprint density at radius 2 is 2.25 bits per heavy atom. The van der Waals surface area contributed by atoms with Gasteiger partial charge in [-0.25, -0.2) is 4.98 Å². The van der Waals surface area contributed by atoms with Gasteiger partial charge < -0.3 is 15.4 Å². The molecule has 1 fully saturated rings. The summed E-state index contributed by atoms with van der Waals surface area (Å²) in [6.45, 7) is 7.86. The standard InChI is InChI=1S/C15H23N3O2/c1-4-5-12-8-11(9-13(16)17-12)14(19)18-6-7-20-10-15(18,2)3/h8-9H,4-7,10H2,1-3H3,(H2,16,17). The summed E-state index contributed by atoms with van der Waals surface area (Å²) in [5, 5.41) is 0. The number of ether oxygens (including phenoxy) is 1. The fraction of sp³-hybridized carbons (Fsp3) is 0.600. The molecule has 1 aromatic heterocycles. The Labute approximate surface area is 120 Å². The van der Waals surface area contributed by atoms with E-state index in [1.165, 1.54) is 0 Å². The second kappa shape index (κ2) is 5.79. The number of amides is 1. The van der Waals surface area contributed by atoms with Crippen LogP contribution in [-0.4, -0.2) is 41.1 Å². The van der Waals surface area contributed by atoms with E-state index in [2.05, 4.69) is 11.9 Å². The number of anilines is 1. The molecule has 0 atom stereocenters. The number of nitrogens with two attached hydrogens (primary N) is 1. The Bertz CT molecular complexity index is 500. The van der Waals surface area contributed by atoms with Crippen molar-refractivity contribution >= 4 is 11.7 Å². The molecular weight excluding hydrogens is 254 g/mol. The van der Waals surface area contributed by atoms with E-state index in [1.807, 2.05) is 24.8 Å². The third-order valence-corrected chi connectivity index (χ3v) is 3.54. The third-order valence-electron chi connectivity index (χ3n) is 3.54. The molecule has 1 aromatic rings. The van der Waals surface area contributed by atoms with Gasteiger partial charge in [0.05, 0.1) is 18.8 Å². The zero-order valence-electron chi connectivity index (χ0n) is 12.5. The molecule has 2 heterocycles. The lowest BCUT2D eigenvalue weighted by Gasteiger charge is -2.42. The largest absolute Gasteiger partial charge is 0.384 e. The highest BCUT2D eigenvalue weighted by Crippen LogP contribution is 2.22. The summed E-state index contributed by atoms with van der Waals surface area (Å²) in [6, 6.07) is 3.51. The number of nitrogen functional groups attached to an aromatic ring is 1. The van der Waals surface area contributed by atoms with Crippen molar-refractivity contribution in [1.82, 2.24) is 9.88 Å². The topological polar surface area (TPSA) is 68.5 Å². The lowest BCUT2D eigenvalue weighted by atomic mass is 10.0. The normalized spacial score (nSPS) is 18.1. The number of hydrogen-bond acceptors (Lipinski definition) is 4. The van der Waals surface area contributed by atoms with Gasteiger partial charge in [-0.3, -0.25) is 4.79 Å². The average molecular weight is 277 g/mol. The van der Waals surface area contributed by atoms with Crippen molar-refractivity contribution in [3.63, 3.8) is 0 Å². The zero-order chi connectivity index (χ0) is 14.8. The number of aryl methyl sites for hydroxylation is 1. The quantitative estimate of drug-likeness (QED) is 0.915. The van der Waals surface area contributed by atoms with Gasteiger partial charge in [0.15, 0.2) is 0 Å². The van der Waals surface area contributed by atoms with Gasteiger partial charge in [-0.1, -0.05) is 13.3 Å². The van der Waals surface area contributed by atoms with Gasteiger partial charge in [-0.2, -0.15) is 0 Å². The molecule has 2 rings (SSSR count). The highest BCUT2D eigenvalue weighted by atomic mass is 16.5. The van der Waals surface area contributed by atoms with E-state index in [1.54, 1.807) is 6.07 Å².